The summed E-state index contributed by atoms with van der Waals surface area (Å²) in [4.78, 5) is 18.5. The Morgan fingerprint density at radius 3 is 2.90 bits per heavy atom. The van der Waals surface area contributed by atoms with Crippen LogP contribution in [0.15, 0.2) is 43.0 Å². The van der Waals surface area contributed by atoms with Gasteiger partial charge in [0.15, 0.2) is 11.5 Å². The van der Waals surface area contributed by atoms with Crippen LogP contribution in [0.25, 0.3) is 5.95 Å². The zero-order valence-corrected chi connectivity index (χ0v) is 18.1. The van der Waals surface area contributed by atoms with Crippen molar-refractivity contribution in [1.29, 1.82) is 0 Å². The summed E-state index contributed by atoms with van der Waals surface area (Å²) in [6.45, 7) is 5.32. The number of piperidine rings is 1. The number of anilines is 1. The minimum absolute atomic E-state index is 0.303. The molecule has 2 aromatic heterocycles. The van der Waals surface area contributed by atoms with Crippen molar-refractivity contribution in [2.75, 3.05) is 38.4 Å². The number of hydrogen-bond acceptors (Lipinski definition) is 7. The molecular weight excluding hydrogens is 392 g/mol. The average molecular weight is 421 g/mol. The van der Waals surface area contributed by atoms with Gasteiger partial charge >= 0.3 is 0 Å². The predicted octanol–water partition coefficient (Wildman–Crippen LogP) is 3.36. The number of likely N-dealkylation sites (tertiary alicyclic amines) is 1. The Morgan fingerprint density at radius 2 is 2.03 bits per heavy atom. The van der Waals surface area contributed by atoms with Crippen LogP contribution in [0.3, 0.4) is 0 Å². The van der Waals surface area contributed by atoms with E-state index < -0.39 is 0 Å². The van der Waals surface area contributed by atoms with Gasteiger partial charge in [-0.3, -0.25) is 9.47 Å². The number of aromatic nitrogens is 4. The molecule has 4 heterocycles. The SMILES string of the molecule is Cc1cc(C2CCCCN2CCN(C)c2ccc3c(c2)OCO3)nc(-n2ccnc2)n1. The van der Waals surface area contributed by atoms with Crippen LogP contribution in [0, 0.1) is 6.92 Å². The van der Waals surface area contributed by atoms with Crippen LogP contribution < -0.4 is 14.4 Å². The molecule has 2 aliphatic heterocycles. The molecule has 3 aromatic rings. The first-order valence-electron chi connectivity index (χ1n) is 10.9. The molecule has 1 saturated heterocycles. The van der Waals surface area contributed by atoms with Gasteiger partial charge in [-0.05, 0) is 44.5 Å². The van der Waals surface area contributed by atoms with E-state index in [2.05, 4.69) is 45.0 Å². The maximum atomic E-state index is 5.53. The largest absolute Gasteiger partial charge is 0.454 e. The summed E-state index contributed by atoms with van der Waals surface area (Å²) < 4.78 is 12.8. The van der Waals surface area contributed by atoms with Crippen LogP contribution in [-0.4, -0.2) is 57.9 Å². The van der Waals surface area contributed by atoms with Crippen molar-refractivity contribution in [3.8, 4) is 17.4 Å². The van der Waals surface area contributed by atoms with Crippen LogP contribution >= 0.6 is 0 Å². The van der Waals surface area contributed by atoms with Gasteiger partial charge in [-0.2, -0.15) is 0 Å². The van der Waals surface area contributed by atoms with E-state index in [9.17, 15) is 0 Å². The molecule has 2 aliphatic rings. The molecule has 1 aromatic carbocycles. The number of likely N-dealkylation sites (N-methyl/N-ethyl adjacent to an activating group) is 1. The van der Waals surface area contributed by atoms with Crippen molar-refractivity contribution in [2.45, 2.75) is 32.2 Å². The van der Waals surface area contributed by atoms with E-state index in [-0.39, 0.29) is 0 Å². The Balaban J connectivity index is 1.31. The molecule has 0 aliphatic carbocycles. The normalized spacial score (nSPS) is 18.3. The van der Waals surface area contributed by atoms with E-state index in [0.29, 0.717) is 18.8 Å². The van der Waals surface area contributed by atoms with E-state index in [1.165, 1.54) is 12.8 Å². The fourth-order valence-corrected chi connectivity index (χ4v) is 4.36. The highest BCUT2D eigenvalue weighted by Gasteiger charge is 2.26. The van der Waals surface area contributed by atoms with Gasteiger partial charge < -0.3 is 14.4 Å². The van der Waals surface area contributed by atoms with Gasteiger partial charge in [-0.1, -0.05) is 6.42 Å². The smallest absolute Gasteiger partial charge is 0.235 e. The van der Waals surface area contributed by atoms with E-state index in [4.69, 9.17) is 14.5 Å². The lowest BCUT2D eigenvalue weighted by Crippen LogP contribution is -2.39. The molecule has 0 N–H and O–H groups in total. The summed E-state index contributed by atoms with van der Waals surface area (Å²) in [6.07, 6.45) is 8.96. The predicted molar refractivity (Wildman–Crippen MR) is 118 cm³/mol. The summed E-state index contributed by atoms with van der Waals surface area (Å²) in [6, 6.07) is 8.57. The highest BCUT2D eigenvalue weighted by Crippen LogP contribution is 2.35. The topological polar surface area (TPSA) is 68.5 Å². The molecule has 0 saturated carbocycles. The molecule has 1 fully saturated rings. The zero-order valence-electron chi connectivity index (χ0n) is 18.1. The second-order valence-corrected chi connectivity index (χ2v) is 8.21. The minimum atomic E-state index is 0.303. The van der Waals surface area contributed by atoms with Gasteiger partial charge in [0.25, 0.3) is 0 Å². The van der Waals surface area contributed by atoms with Crippen molar-refractivity contribution in [1.82, 2.24) is 24.4 Å². The Kier molecular flexibility index (Phi) is 5.46. The third kappa shape index (κ3) is 4.20. The molecule has 162 valence electrons. The first-order chi connectivity index (χ1) is 15.2. The van der Waals surface area contributed by atoms with Crippen LogP contribution in [-0.2, 0) is 0 Å². The molecule has 0 bridgehead atoms. The Labute approximate surface area is 182 Å². The lowest BCUT2D eigenvalue weighted by atomic mass is 9.98. The van der Waals surface area contributed by atoms with Gasteiger partial charge in [0.2, 0.25) is 12.7 Å². The maximum absolute atomic E-state index is 5.53. The monoisotopic (exact) mass is 420 g/mol. The summed E-state index contributed by atoms with van der Waals surface area (Å²) in [5.74, 6) is 2.33. The highest BCUT2D eigenvalue weighted by molar-refractivity contribution is 5.56. The summed E-state index contributed by atoms with van der Waals surface area (Å²) in [5.41, 5.74) is 3.22. The number of hydrogen-bond donors (Lipinski definition) is 0. The number of imidazole rings is 1. The molecule has 0 amide bonds. The molecule has 8 nitrogen and oxygen atoms in total. The van der Waals surface area contributed by atoms with Crippen LogP contribution in [0.5, 0.6) is 11.5 Å². The van der Waals surface area contributed by atoms with E-state index in [0.717, 1.165) is 54.6 Å². The third-order valence-corrected chi connectivity index (χ3v) is 6.07. The zero-order chi connectivity index (χ0) is 21.2. The highest BCUT2D eigenvalue weighted by atomic mass is 16.7. The quantitative estimate of drug-likeness (QED) is 0.606. The molecule has 0 spiro atoms. The Bertz CT molecular complexity index is 1040. The van der Waals surface area contributed by atoms with E-state index >= 15 is 0 Å². The first kappa shape index (κ1) is 19.8. The number of rotatable bonds is 6. The summed E-state index contributed by atoms with van der Waals surface area (Å²) in [7, 11) is 2.13. The molecule has 0 radical (unpaired) electrons. The average Bonchev–Trinajstić information content (AvgIpc) is 3.49. The number of ether oxygens (including phenoxy) is 2. The number of nitrogens with zero attached hydrogens (tertiary/aromatic N) is 6. The van der Waals surface area contributed by atoms with Crippen LogP contribution in [0.2, 0.25) is 0 Å². The lowest BCUT2D eigenvalue weighted by Gasteiger charge is -2.36. The molecule has 1 atom stereocenters. The number of aryl methyl sites for hydroxylation is 1. The van der Waals surface area contributed by atoms with Crippen LogP contribution in [0.4, 0.5) is 5.69 Å². The lowest BCUT2D eigenvalue weighted by molar-refractivity contribution is 0.149. The summed E-state index contributed by atoms with van der Waals surface area (Å²) >= 11 is 0. The Morgan fingerprint density at radius 1 is 1.13 bits per heavy atom. The second kappa shape index (κ2) is 8.55. The second-order valence-electron chi connectivity index (χ2n) is 8.21. The number of fused-ring (bicyclic) bond motifs is 1. The van der Waals surface area contributed by atoms with E-state index in [1.807, 2.05) is 23.8 Å². The van der Waals surface area contributed by atoms with Gasteiger partial charge in [0.05, 0.1) is 11.7 Å². The van der Waals surface area contributed by atoms with Gasteiger partial charge in [0.1, 0.15) is 6.33 Å². The van der Waals surface area contributed by atoms with E-state index in [1.54, 1.807) is 12.5 Å². The molecule has 1 unspecified atom stereocenters. The number of benzene rings is 1. The minimum Gasteiger partial charge on any atom is -0.454 e. The van der Waals surface area contributed by atoms with Crippen molar-refractivity contribution in [3.63, 3.8) is 0 Å². The fourth-order valence-electron chi connectivity index (χ4n) is 4.36. The maximum Gasteiger partial charge on any atom is 0.235 e. The van der Waals surface area contributed by atoms with Crippen molar-refractivity contribution in [3.05, 3.63) is 54.4 Å². The Hall–Kier alpha value is -3.13. The molecule has 31 heavy (non-hydrogen) atoms. The molecular formula is C23H28N6O2. The van der Waals surface area contributed by atoms with Gasteiger partial charge in [-0.25, -0.2) is 15.0 Å². The first-order valence-corrected chi connectivity index (χ1v) is 10.9. The van der Waals surface area contributed by atoms with Crippen molar-refractivity contribution in [2.24, 2.45) is 0 Å². The van der Waals surface area contributed by atoms with Gasteiger partial charge in [-0.15, -0.1) is 0 Å². The van der Waals surface area contributed by atoms with Crippen molar-refractivity contribution >= 4 is 5.69 Å². The standard InChI is InChI=1S/C23H28N6O2/c1-17-13-19(26-23(25-17)29-10-8-24-15-29)20-5-3-4-9-28(20)12-11-27(2)18-6-7-21-22(14-18)31-16-30-21/h6-8,10,13-15,20H,3-5,9,11-12,16H2,1-2H3. The van der Waals surface area contributed by atoms with Gasteiger partial charge in [0, 0.05) is 50.0 Å². The fraction of sp³-hybridized carbons (Fsp3) is 0.435. The summed E-state index contributed by atoms with van der Waals surface area (Å²) in [5, 5.41) is 0. The third-order valence-electron chi connectivity index (χ3n) is 6.07. The molecule has 5 rings (SSSR count). The molecule has 8 heteroatoms. The van der Waals surface area contributed by atoms with Crippen LogP contribution in [0.1, 0.15) is 36.7 Å². The van der Waals surface area contributed by atoms with Crippen molar-refractivity contribution < 1.29 is 9.47 Å².